The molecule has 9 heteroatoms. The van der Waals surface area contributed by atoms with Gasteiger partial charge in [-0.05, 0) is 25.1 Å². The van der Waals surface area contributed by atoms with Crippen LogP contribution in [0.25, 0.3) is 0 Å². The fraction of sp³-hybridized carbons (Fsp3) is 0.364. The second-order valence-corrected chi connectivity index (χ2v) is 4.51. The molecule has 3 nitrogen and oxygen atoms in total. The SMILES string of the molecule is CC(=O)C(Br)c1cc(OC(F)F)ccc1OC(F)(F)F. The summed E-state index contributed by atoms with van der Waals surface area (Å²) >= 11 is 2.87. The van der Waals surface area contributed by atoms with Crippen LogP contribution in [0.2, 0.25) is 0 Å². The zero-order valence-corrected chi connectivity index (χ0v) is 11.5. The number of benzene rings is 1. The summed E-state index contributed by atoms with van der Waals surface area (Å²) in [6, 6.07) is 2.57. The number of carbonyl (C=O) groups excluding carboxylic acids is 1. The van der Waals surface area contributed by atoms with Crippen LogP contribution >= 0.6 is 15.9 Å². The number of rotatable bonds is 5. The number of carbonyl (C=O) groups is 1. The highest BCUT2D eigenvalue weighted by atomic mass is 79.9. The van der Waals surface area contributed by atoms with Crippen LogP contribution in [0.15, 0.2) is 18.2 Å². The first-order chi connectivity index (χ1) is 9.10. The number of hydrogen-bond donors (Lipinski definition) is 0. The average Bonchev–Trinajstić information content (AvgIpc) is 2.27. The maximum absolute atomic E-state index is 12.2. The lowest BCUT2D eigenvalue weighted by atomic mass is 10.1. The Morgan fingerprint density at radius 2 is 1.90 bits per heavy atom. The van der Waals surface area contributed by atoms with Gasteiger partial charge in [-0.15, -0.1) is 13.2 Å². The van der Waals surface area contributed by atoms with Crippen molar-refractivity contribution in [1.29, 1.82) is 0 Å². The zero-order chi connectivity index (χ0) is 15.5. The van der Waals surface area contributed by atoms with E-state index in [4.69, 9.17) is 0 Å². The monoisotopic (exact) mass is 362 g/mol. The summed E-state index contributed by atoms with van der Waals surface area (Å²) in [7, 11) is 0. The Morgan fingerprint density at radius 3 is 2.35 bits per heavy atom. The summed E-state index contributed by atoms with van der Waals surface area (Å²) in [4.78, 5) is 10.1. The van der Waals surface area contributed by atoms with E-state index in [0.717, 1.165) is 25.1 Å². The topological polar surface area (TPSA) is 35.5 Å². The summed E-state index contributed by atoms with van der Waals surface area (Å²) in [6.45, 7) is -2.01. The van der Waals surface area contributed by atoms with Crippen LogP contribution in [-0.4, -0.2) is 18.8 Å². The molecule has 1 aromatic rings. The Balaban J connectivity index is 3.19. The van der Waals surface area contributed by atoms with Crippen molar-refractivity contribution in [3.8, 4) is 11.5 Å². The van der Waals surface area contributed by atoms with Gasteiger partial charge >= 0.3 is 13.0 Å². The number of ketones is 1. The van der Waals surface area contributed by atoms with E-state index >= 15 is 0 Å². The predicted molar refractivity (Wildman–Crippen MR) is 62.1 cm³/mol. The second-order valence-electron chi connectivity index (χ2n) is 3.60. The zero-order valence-electron chi connectivity index (χ0n) is 9.88. The fourth-order valence-corrected chi connectivity index (χ4v) is 1.70. The molecule has 0 fully saturated rings. The molecule has 0 aromatic heterocycles. The summed E-state index contributed by atoms with van der Waals surface area (Å²) in [6.07, 6.45) is -4.97. The van der Waals surface area contributed by atoms with Crippen molar-refractivity contribution in [2.24, 2.45) is 0 Å². The molecule has 0 bridgehead atoms. The Hall–Kier alpha value is -1.38. The van der Waals surface area contributed by atoms with Crippen LogP contribution in [0.3, 0.4) is 0 Å². The Bertz CT molecular complexity index is 489. The average molecular weight is 363 g/mol. The van der Waals surface area contributed by atoms with Crippen LogP contribution in [0.5, 0.6) is 11.5 Å². The molecule has 0 aliphatic rings. The lowest BCUT2D eigenvalue weighted by Crippen LogP contribution is -2.19. The number of Topliss-reactive ketones (excluding diaryl/α,β-unsaturated/α-hetero) is 1. The molecule has 0 aliphatic carbocycles. The van der Waals surface area contributed by atoms with Crippen molar-refractivity contribution >= 4 is 21.7 Å². The lowest BCUT2D eigenvalue weighted by molar-refractivity contribution is -0.274. The van der Waals surface area contributed by atoms with Gasteiger partial charge in [0.1, 0.15) is 22.1 Å². The molecule has 1 aromatic carbocycles. The third-order valence-corrected chi connectivity index (χ3v) is 3.20. The van der Waals surface area contributed by atoms with Crippen molar-refractivity contribution in [2.75, 3.05) is 0 Å². The summed E-state index contributed by atoms with van der Waals surface area (Å²) in [5.74, 6) is -1.57. The third kappa shape index (κ3) is 4.95. The number of halogens is 6. The maximum Gasteiger partial charge on any atom is 0.573 e. The molecule has 0 heterocycles. The molecule has 0 N–H and O–H groups in total. The molecule has 0 saturated carbocycles. The van der Waals surface area contributed by atoms with Gasteiger partial charge in [-0.2, -0.15) is 8.78 Å². The van der Waals surface area contributed by atoms with Gasteiger partial charge in [-0.3, -0.25) is 4.79 Å². The van der Waals surface area contributed by atoms with E-state index in [0.29, 0.717) is 0 Å². The molecule has 0 saturated heterocycles. The summed E-state index contributed by atoms with van der Waals surface area (Å²) in [5, 5.41) is 0. The minimum absolute atomic E-state index is 0.257. The molecule has 1 unspecified atom stereocenters. The normalized spacial score (nSPS) is 13.2. The number of hydrogen-bond acceptors (Lipinski definition) is 3. The quantitative estimate of drug-likeness (QED) is 0.581. The van der Waals surface area contributed by atoms with Gasteiger partial charge in [0.2, 0.25) is 0 Å². The molecular formula is C11H8BrF5O3. The highest BCUT2D eigenvalue weighted by Gasteiger charge is 2.33. The Labute approximate surface area is 118 Å². The minimum Gasteiger partial charge on any atom is -0.435 e. The predicted octanol–water partition coefficient (Wildman–Crippen LogP) is 4.21. The molecule has 1 rings (SSSR count). The van der Waals surface area contributed by atoms with Crippen LogP contribution in [0.1, 0.15) is 17.3 Å². The maximum atomic E-state index is 12.2. The first-order valence-electron chi connectivity index (χ1n) is 5.09. The van der Waals surface area contributed by atoms with Crippen LogP contribution in [0, 0.1) is 0 Å². The first kappa shape index (κ1) is 16.7. The largest absolute Gasteiger partial charge is 0.573 e. The molecule has 0 amide bonds. The molecule has 112 valence electrons. The van der Waals surface area contributed by atoms with Crippen molar-refractivity contribution < 1.29 is 36.2 Å². The Morgan fingerprint density at radius 1 is 1.30 bits per heavy atom. The van der Waals surface area contributed by atoms with Gasteiger partial charge in [0, 0.05) is 5.56 Å². The standard InChI is InChI=1S/C11H8BrF5O3/c1-5(18)9(12)7-4-6(19-10(13)14)2-3-8(7)20-11(15,16)17/h2-4,9-10H,1H3. The second kappa shape index (κ2) is 6.38. The van der Waals surface area contributed by atoms with Crippen molar-refractivity contribution in [3.63, 3.8) is 0 Å². The van der Waals surface area contributed by atoms with Crippen LogP contribution in [0.4, 0.5) is 22.0 Å². The number of alkyl halides is 6. The van der Waals surface area contributed by atoms with E-state index in [9.17, 15) is 26.7 Å². The van der Waals surface area contributed by atoms with Crippen molar-refractivity contribution in [3.05, 3.63) is 23.8 Å². The molecule has 0 aliphatic heterocycles. The minimum atomic E-state index is -4.97. The number of ether oxygens (including phenoxy) is 2. The van der Waals surface area contributed by atoms with E-state index in [2.05, 4.69) is 25.4 Å². The van der Waals surface area contributed by atoms with Gasteiger partial charge in [-0.1, -0.05) is 15.9 Å². The first-order valence-corrected chi connectivity index (χ1v) is 6.00. The highest BCUT2D eigenvalue weighted by molar-refractivity contribution is 9.09. The van der Waals surface area contributed by atoms with E-state index < -0.39 is 29.3 Å². The van der Waals surface area contributed by atoms with Gasteiger partial charge in [0.15, 0.2) is 0 Å². The smallest absolute Gasteiger partial charge is 0.435 e. The molecule has 0 spiro atoms. The lowest BCUT2D eigenvalue weighted by Gasteiger charge is -2.16. The van der Waals surface area contributed by atoms with E-state index in [1.807, 2.05) is 0 Å². The molecular weight excluding hydrogens is 355 g/mol. The highest BCUT2D eigenvalue weighted by Crippen LogP contribution is 2.37. The van der Waals surface area contributed by atoms with Gasteiger partial charge in [0.05, 0.1) is 0 Å². The molecule has 0 radical (unpaired) electrons. The van der Waals surface area contributed by atoms with Gasteiger partial charge < -0.3 is 9.47 Å². The van der Waals surface area contributed by atoms with Crippen LogP contribution < -0.4 is 9.47 Å². The van der Waals surface area contributed by atoms with Crippen LogP contribution in [-0.2, 0) is 4.79 Å². The third-order valence-electron chi connectivity index (χ3n) is 2.06. The van der Waals surface area contributed by atoms with Gasteiger partial charge in [-0.25, -0.2) is 0 Å². The van der Waals surface area contributed by atoms with E-state index in [-0.39, 0.29) is 11.3 Å². The van der Waals surface area contributed by atoms with E-state index in [1.165, 1.54) is 0 Å². The van der Waals surface area contributed by atoms with Crippen molar-refractivity contribution in [2.45, 2.75) is 24.7 Å². The summed E-state index contributed by atoms with van der Waals surface area (Å²) < 4.78 is 68.6. The summed E-state index contributed by atoms with van der Waals surface area (Å²) in [5.41, 5.74) is -0.257. The fourth-order valence-electron chi connectivity index (χ4n) is 1.34. The Kier molecular flexibility index (Phi) is 5.32. The van der Waals surface area contributed by atoms with Gasteiger partial charge in [0.25, 0.3) is 0 Å². The molecule has 1 atom stereocenters. The molecule has 20 heavy (non-hydrogen) atoms. The van der Waals surface area contributed by atoms with Crippen molar-refractivity contribution in [1.82, 2.24) is 0 Å². The van der Waals surface area contributed by atoms with E-state index in [1.54, 1.807) is 0 Å².